The van der Waals surface area contributed by atoms with Crippen LogP contribution in [0.2, 0.25) is 0 Å². The van der Waals surface area contributed by atoms with E-state index < -0.39 is 18.2 Å². The zero-order valence-electron chi connectivity index (χ0n) is 35.9. The van der Waals surface area contributed by atoms with E-state index in [2.05, 4.69) is 37.5 Å². The first-order chi connectivity index (χ1) is 30.3. The molecule has 0 spiro atoms. The van der Waals surface area contributed by atoms with E-state index in [0.29, 0.717) is 22.9 Å². The van der Waals surface area contributed by atoms with E-state index in [1.807, 2.05) is 88.7 Å². The van der Waals surface area contributed by atoms with Crippen molar-refractivity contribution in [3.05, 3.63) is 106 Å². The van der Waals surface area contributed by atoms with Crippen LogP contribution >= 0.6 is 22.7 Å². The smallest absolute Gasteiger partial charge is 0.327 e. The first-order valence-electron chi connectivity index (χ1n) is 21.2. The number of phenolic OH excluding ortho intramolecular Hbond substituents is 1. The van der Waals surface area contributed by atoms with Crippen LogP contribution in [-0.2, 0) is 4.79 Å². The lowest BCUT2D eigenvalue weighted by Gasteiger charge is -2.32. The molecule has 0 radical (unpaired) electrons. The number of hydrogen-bond donors (Lipinski definition) is 3. The summed E-state index contributed by atoms with van der Waals surface area (Å²) in [4.78, 5) is 45.8. The predicted octanol–water partition coefficient (Wildman–Crippen LogP) is 8.80. The van der Waals surface area contributed by atoms with Gasteiger partial charge in [0, 0.05) is 71.7 Å². The van der Waals surface area contributed by atoms with Crippen LogP contribution in [0.4, 0.5) is 16.5 Å². The number of β-amino-alcohol motifs (C(OH)–C–C–N with tert-alkyl or cyclic N) is 1. The van der Waals surface area contributed by atoms with Gasteiger partial charge in [0.15, 0.2) is 0 Å². The number of carbonyl (C=O) groups is 2. The maximum absolute atomic E-state index is 14.3. The van der Waals surface area contributed by atoms with Gasteiger partial charge in [-0.15, -0.1) is 32.9 Å². The number of rotatable bonds is 10. The number of hydrogen-bond acceptors (Lipinski definition) is 13. The van der Waals surface area contributed by atoms with Crippen molar-refractivity contribution >= 4 is 56.5 Å². The second-order valence-corrected chi connectivity index (χ2v) is 18.7. The van der Waals surface area contributed by atoms with Crippen LogP contribution < -0.4 is 15.1 Å². The van der Waals surface area contributed by atoms with Crippen molar-refractivity contribution in [2.45, 2.75) is 84.5 Å². The molecule has 9 rings (SSSR count). The van der Waals surface area contributed by atoms with Crippen LogP contribution in [0.25, 0.3) is 43.2 Å². The topological polar surface area (TPSA) is 174 Å². The number of thiophene rings is 1. The molecule has 324 valence electrons. The number of amides is 3. The molecule has 14 nitrogen and oxygen atoms in total. The third-order valence-corrected chi connectivity index (χ3v) is 14.5. The second-order valence-electron chi connectivity index (χ2n) is 16.8. The number of aromatic hydroxyl groups is 1. The Kier molecular flexibility index (Phi) is 11.5. The van der Waals surface area contributed by atoms with Crippen LogP contribution in [-0.4, -0.2) is 90.2 Å². The highest BCUT2D eigenvalue weighted by molar-refractivity contribution is 7.19. The normalized spacial score (nSPS) is 18.1. The Labute approximate surface area is 373 Å². The first kappa shape index (κ1) is 42.1. The first-order valence-corrected chi connectivity index (χ1v) is 22.9. The number of aliphatic hydroxyl groups excluding tert-OH is 1. The van der Waals surface area contributed by atoms with Crippen molar-refractivity contribution in [1.82, 2.24) is 35.5 Å². The van der Waals surface area contributed by atoms with Gasteiger partial charge in [0.1, 0.15) is 28.1 Å². The number of aliphatic hydroxyl groups is 1. The number of para-hydroxylation sites is 1. The monoisotopic (exact) mass is 883 g/mol. The van der Waals surface area contributed by atoms with Crippen molar-refractivity contribution in [1.29, 1.82) is 0 Å². The van der Waals surface area contributed by atoms with E-state index in [1.54, 1.807) is 47.1 Å². The molecule has 0 aliphatic carbocycles. The molecule has 3 amide bonds. The zero-order valence-corrected chi connectivity index (χ0v) is 37.6. The number of pyridine rings is 1. The molecule has 7 aromatic rings. The maximum Gasteiger partial charge on any atom is 0.327 e. The average molecular weight is 884 g/mol. The molecule has 0 saturated carbocycles. The van der Waals surface area contributed by atoms with E-state index in [0.717, 1.165) is 68.4 Å². The molecule has 0 unspecified atom stereocenters. The number of fused-ring (bicyclic) bond motifs is 1. The molecule has 63 heavy (non-hydrogen) atoms. The summed E-state index contributed by atoms with van der Waals surface area (Å²) in [5, 5.41) is 38.6. The number of aryl methyl sites for hydroxylation is 3. The van der Waals surface area contributed by atoms with Crippen molar-refractivity contribution in [2.24, 2.45) is 0 Å². The summed E-state index contributed by atoms with van der Waals surface area (Å²) in [7, 11) is 0. The lowest BCUT2D eigenvalue weighted by atomic mass is 10.0. The van der Waals surface area contributed by atoms with Gasteiger partial charge >= 0.3 is 6.03 Å². The molecule has 16 heteroatoms. The highest BCUT2D eigenvalue weighted by Gasteiger charge is 2.42. The molecule has 2 aliphatic heterocycles. The molecule has 5 aromatic heterocycles. The largest absolute Gasteiger partial charge is 0.507 e. The van der Waals surface area contributed by atoms with Gasteiger partial charge in [-0.05, 0) is 94.5 Å². The minimum Gasteiger partial charge on any atom is -0.507 e. The summed E-state index contributed by atoms with van der Waals surface area (Å²) in [5.41, 5.74) is 9.55. The lowest BCUT2D eigenvalue weighted by molar-refractivity contribution is -0.125. The van der Waals surface area contributed by atoms with Gasteiger partial charge in [-0.1, -0.05) is 41.6 Å². The zero-order chi connectivity index (χ0) is 44.1. The maximum atomic E-state index is 14.3. The molecule has 0 bridgehead atoms. The van der Waals surface area contributed by atoms with Gasteiger partial charge in [0.05, 0.1) is 33.9 Å². The molecule has 2 aromatic carbocycles. The number of thiazole rings is 1. The van der Waals surface area contributed by atoms with E-state index in [-0.39, 0.29) is 42.6 Å². The number of benzene rings is 2. The summed E-state index contributed by atoms with van der Waals surface area (Å²) in [5.74, 6) is 1.28. The quantitative estimate of drug-likeness (QED) is 0.120. The third-order valence-electron chi connectivity index (χ3n) is 12.2. The van der Waals surface area contributed by atoms with Gasteiger partial charge < -0.3 is 29.9 Å². The van der Waals surface area contributed by atoms with E-state index >= 15 is 0 Å². The summed E-state index contributed by atoms with van der Waals surface area (Å²) >= 11 is 3.27. The van der Waals surface area contributed by atoms with Crippen LogP contribution in [0.1, 0.15) is 72.8 Å². The highest BCUT2D eigenvalue weighted by atomic mass is 32.1. The lowest BCUT2D eigenvalue weighted by Crippen LogP contribution is -2.53. The van der Waals surface area contributed by atoms with Gasteiger partial charge in [-0.25, -0.2) is 14.8 Å². The average Bonchev–Trinajstić information content (AvgIpc) is 4.13. The van der Waals surface area contributed by atoms with E-state index in [9.17, 15) is 19.8 Å². The second kappa shape index (κ2) is 17.1. The molecule has 2 saturated heterocycles. The fraction of sp³-hybridized carbons (Fsp3) is 0.340. The van der Waals surface area contributed by atoms with Gasteiger partial charge in [0.25, 0.3) is 0 Å². The molecule has 2 fully saturated rings. The van der Waals surface area contributed by atoms with Crippen molar-refractivity contribution in [3.63, 3.8) is 0 Å². The standard InChI is InChI=1S/C47H49N9O5S2/c1-25(2)56(47(60)55-23-34(57)18-39(55)45(59)50-28(5)30-11-13-31(14-12-30)43-29(6)49-24-62-43)41-20-37(53-61-41)33-17-26(3)44(48-21-33)54-16-15-32(22-54)42-27(4)36-19-38(51-52-46(36)63-42)35-9-7-8-10-40(35)58/h7-14,17,19-21,24-25,28,32,34,39,57-58H,15-16,18,22-23H2,1-6H3,(H,50,59)/t28-,32+,34+,39-/m0/s1. The van der Waals surface area contributed by atoms with Crippen LogP contribution in [0.5, 0.6) is 5.75 Å². The Bertz CT molecular complexity index is 2820. The fourth-order valence-corrected chi connectivity index (χ4v) is 10.9. The summed E-state index contributed by atoms with van der Waals surface area (Å²) in [6, 6.07) is 19.0. The number of anilines is 2. The summed E-state index contributed by atoms with van der Waals surface area (Å²) in [6.45, 7) is 13.5. The molecule has 2 aliphatic rings. The fourth-order valence-electron chi connectivity index (χ4n) is 8.85. The molecule has 3 N–H and O–H groups in total. The Hall–Kier alpha value is -6.23. The van der Waals surface area contributed by atoms with Crippen molar-refractivity contribution in [3.8, 4) is 38.7 Å². The van der Waals surface area contributed by atoms with E-state index in [1.165, 1.54) is 20.2 Å². The number of likely N-dealkylation sites (tertiary alicyclic amines) is 1. The Morgan fingerprint density at radius 3 is 2.48 bits per heavy atom. The minimum atomic E-state index is -0.873. The molecular formula is C47H49N9O5S2. The minimum absolute atomic E-state index is 0.0114. The van der Waals surface area contributed by atoms with Crippen LogP contribution in [0.3, 0.4) is 0 Å². The Morgan fingerprint density at radius 1 is 0.952 bits per heavy atom. The third kappa shape index (κ3) is 8.14. The van der Waals surface area contributed by atoms with Crippen molar-refractivity contribution < 1.29 is 24.3 Å². The van der Waals surface area contributed by atoms with Gasteiger partial charge in [-0.2, -0.15) is 0 Å². The van der Waals surface area contributed by atoms with Crippen LogP contribution in [0, 0.1) is 20.8 Å². The molecule has 4 atom stereocenters. The van der Waals surface area contributed by atoms with Gasteiger partial charge in [-0.3, -0.25) is 9.69 Å². The summed E-state index contributed by atoms with van der Waals surface area (Å²) < 4.78 is 5.82. The number of carbonyl (C=O) groups excluding carboxylic acids is 2. The SMILES string of the molecule is Cc1cc(-c2cc(N(C(=O)N3C[C@H](O)C[C@H]3C(=O)N[C@@H](C)c3ccc(-c4scnc4C)cc3)C(C)C)on2)cnc1N1CC[C@@H](c2sc3nnc(-c4ccccc4O)cc3c2C)C1. The van der Waals surface area contributed by atoms with Crippen LogP contribution in [0.15, 0.2) is 83.0 Å². The molecular weight excluding hydrogens is 835 g/mol. The number of aromatic nitrogens is 5. The number of nitrogens with one attached hydrogen (secondary N) is 1. The number of phenols is 1. The highest BCUT2D eigenvalue weighted by Crippen LogP contribution is 2.42. The number of urea groups is 1. The van der Waals surface area contributed by atoms with Gasteiger partial charge in [0.2, 0.25) is 11.8 Å². The number of nitrogens with zero attached hydrogens (tertiary/aromatic N) is 8. The Morgan fingerprint density at radius 2 is 1.75 bits per heavy atom. The Balaban J connectivity index is 0.868. The summed E-state index contributed by atoms with van der Waals surface area (Å²) in [6.07, 6.45) is 2.02. The molecule has 7 heterocycles. The predicted molar refractivity (Wildman–Crippen MR) is 246 cm³/mol. The van der Waals surface area contributed by atoms with Crippen molar-refractivity contribution in [2.75, 3.05) is 29.4 Å². The van der Waals surface area contributed by atoms with E-state index in [4.69, 9.17) is 9.51 Å².